The molecule has 0 unspecified atom stereocenters. The Balaban J connectivity index is 1.04. The Morgan fingerprint density at radius 3 is 2.42 bits per heavy atom. The van der Waals surface area contributed by atoms with Crippen molar-refractivity contribution in [3.63, 3.8) is 0 Å². The van der Waals surface area contributed by atoms with Crippen LogP contribution in [0.15, 0.2) is 59.1 Å². The number of hydrogen-bond acceptors (Lipinski definition) is 6. The molecular formula is C26H27N3O4. The van der Waals surface area contributed by atoms with Gasteiger partial charge in [0.25, 0.3) is 0 Å². The normalized spacial score (nSPS) is 20.3. The zero-order valence-corrected chi connectivity index (χ0v) is 18.5. The van der Waals surface area contributed by atoms with Crippen LogP contribution in [-0.2, 0) is 14.9 Å². The van der Waals surface area contributed by atoms with E-state index in [1.54, 1.807) is 0 Å². The van der Waals surface area contributed by atoms with Crippen LogP contribution in [0.3, 0.4) is 0 Å². The van der Waals surface area contributed by atoms with Crippen LogP contribution in [0.2, 0.25) is 0 Å². The van der Waals surface area contributed by atoms with Crippen molar-refractivity contribution in [2.24, 2.45) is 0 Å². The van der Waals surface area contributed by atoms with Crippen molar-refractivity contribution < 1.29 is 18.8 Å². The molecule has 0 atom stereocenters. The topological polar surface area (TPSA) is 77.7 Å². The Morgan fingerprint density at radius 1 is 1.00 bits per heavy atom. The van der Waals surface area contributed by atoms with Crippen LogP contribution < -0.4 is 4.74 Å². The molecule has 1 amide bonds. The number of hydrogen-bond donors (Lipinski definition) is 0. The van der Waals surface area contributed by atoms with E-state index >= 15 is 0 Å². The van der Waals surface area contributed by atoms with Gasteiger partial charge in [0.2, 0.25) is 17.6 Å². The van der Waals surface area contributed by atoms with Gasteiger partial charge in [-0.15, -0.1) is 0 Å². The summed E-state index contributed by atoms with van der Waals surface area (Å²) in [5.41, 5.74) is 1.73. The van der Waals surface area contributed by atoms with Crippen molar-refractivity contribution in [3.8, 4) is 17.1 Å². The van der Waals surface area contributed by atoms with Crippen molar-refractivity contribution in [3.05, 3.63) is 66.1 Å². The average molecular weight is 446 g/mol. The van der Waals surface area contributed by atoms with Crippen molar-refractivity contribution in [2.75, 3.05) is 26.3 Å². The predicted octanol–water partition coefficient (Wildman–Crippen LogP) is 3.95. The Bertz CT molecular complexity index is 1110. The number of amides is 1. The van der Waals surface area contributed by atoms with Crippen molar-refractivity contribution in [1.82, 2.24) is 15.0 Å². The van der Waals surface area contributed by atoms with Gasteiger partial charge >= 0.3 is 0 Å². The lowest BCUT2D eigenvalue weighted by atomic mass is 9.93. The summed E-state index contributed by atoms with van der Waals surface area (Å²) >= 11 is 0. The highest BCUT2D eigenvalue weighted by Gasteiger charge is 2.54. The van der Waals surface area contributed by atoms with Gasteiger partial charge in [0.15, 0.2) is 0 Å². The minimum absolute atomic E-state index is 0.0247. The van der Waals surface area contributed by atoms with Gasteiger partial charge in [-0.3, -0.25) is 4.79 Å². The quantitative estimate of drug-likeness (QED) is 0.572. The molecule has 6 rings (SSSR count). The van der Waals surface area contributed by atoms with E-state index in [1.165, 1.54) is 0 Å². The lowest BCUT2D eigenvalue weighted by Gasteiger charge is -2.41. The summed E-state index contributed by atoms with van der Waals surface area (Å²) in [6, 6.07) is 17.9. The van der Waals surface area contributed by atoms with Crippen LogP contribution in [0.5, 0.6) is 5.75 Å². The second kappa shape index (κ2) is 8.30. The van der Waals surface area contributed by atoms with E-state index in [0.29, 0.717) is 24.8 Å². The molecule has 0 bridgehead atoms. The summed E-state index contributed by atoms with van der Waals surface area (Å²) in [6.45, 7) is 2.75. The van der Waals surface area contributed by atoms with Gasteiger partial charge < -0.3 is 18.9 Å². The molecule has 3 aromatic rings. The summed E-state index contributed by atoms with van der Waals surface area (Å²) in [4.78, 5) is 19.6. The molecule has 2 aliphatic heterocycles. The summed E-state index contributed by atoms with van der Waals surface area (Å²) in [5, 5.41) is 4.15. The number of carbonyl (C=O) groups excluding carboxylic acids is 1. The van der Waals surface area contributed by atoms with E-state index in [0.717, 1.165) is 55.8 Å². The molecule has 0 radical (unpaired) electrons. The van der Waals surface area contributed by atoms with E-state index in [9.17, 15) is 4.79 Å². The molecule has 7 nitrogen and oxygen atoms in total. The van der Waals surface area contributed by atoms with Crippen LogP contribution in [-0.4, -0.2) is 53.4 Å². The molecule has 33 heavy (non-hydrogen) atoms. The third-order valence-corrected chi connectivity index (χ3v) is 7.05. The van der Waals surface area contributed by atoms with Gasteiger partial charge in [0.1, 0.15) is 11.9 Å². The Labute approximate surface area is 192 Å². The Kier molecular flexibility index (Phi) is 5.14. The largest absolute Gasteiger partial charge is 0.487 e. The maximum atomic E-state index is 13.1. The van der Waals surface area contributed by atoms with Gasteiger partial charge in [-0.05, 0) is 55.5 Å². The molecule has 1 saturated carbocycles. The number of likely N-dealkylation sites (tertiary alicyclic amines) is 1. The maximum Gasteiger partial charge on any atom is 0.233 e. The van der Waals surface area contributed by atoms with Crippen LogP contribution in [0.25, 0.3) is 11.4 Å². The van der Waals surface area contributed by atoms with E-state index in [-0.39, 0.29) is 23.3 Å². The number of aromatic nitrogens is 2. The molecule has 7 heteroatoms. The summed E-state index contributed by atoms with van der Waals surface area (Å²) in [5.74, 6) is 2.59. The van der Waals surface area contributed by atoms with E-state index in [2.05, 4.69) is 22.3 Å². The second-order valence-electron chi connectivity index (χ2n) is 9.27. The van der Waals surface area contributed by atoms with Crippen molar-refractivity contribution in [2.45, 2.75) is 43.1 Å². The average Bonchev–Trinajstić information content (AvgIpc) is 3.52. The molecule has 3 fully saturated rings. The second-order valence-corrected chi connectivity index (χ2v) is 9.27. The van der Waals surface area contributed by atoms with E-state index < -0.39 is 0 Å². The van der Waals surface area contributed by atoms with Gasteiger partial charge in [-0.1, -0.05) is 35.5 Å². The lowest BCUT2D eigenvalue weighted by molar-refractivity contribution is -0.142. The van der Waals surface area contributed by atoms with E-state index in [4.69, 9.17) is 14.0 Å². The number of ether oxygens (including phenoxy) is 2. The zero-order chi connectivity index (χ0) is 22.3. The third-order valence-electron chi connectivity index (χ3n) is 7.05. The summed E-state index contributed by atoms with van der Waals surface area (Å²) < 4.78 is 17.0. The van der Waals surface area contributed by atoms with Crippen LogP contribution in [0.1, 0.15) is 43.1 Å². The fourth-order valence-corrected chi connectivity index (χ4v) is 4.83. The first-order valence-corrected chi connectivity index (χ1v) is 11.7. The fourth-order valence-electron chi connectivity index (χ4n) is 4.83. The van der Waals surface area contributed by atoms with Crippen LogP contribution >= 0.6 is 0 Å². The first-order chi connectivity index (χ1) is 16.2. The predicted molar refractivity (Wildman–Crippen MR) is 121 cm³/mol. The lowest BCUT2D eigenvalue weighted by Crippen LogP contribution is -2.58. The molecule has 2 saturated heterocycles. The summed E-state index contributed by atoms with van der Waals surface area (Å²) in [7, 11) is 0. The van der Waals surface area contributed by atoms with E-state index in [1.807, 2.05) is 47.4 Å². The van der Waals surface area contributed by atoms with Crippen LogP contribution in [0.4, 0.5) is 0 Å². The molecule has 1 aromatic heterocycles. The van der Waals surface area contributed by atoms with Crippen LogP contribution in [0, 0.1) is 0 Å². The van der Waals surface area contributed by atoms with Crippen molar-refractivity contribution in [1.29, 1.82) is 0 Å². The molecule has 1 aliphatic carbocycles. The minimum atomic E-state index is -0.304. The Morgan fingerprint density at radius 2 is 1.73 bits per heavy atom. The highest BCUT2D eigenvalue weighted by Crippen LogP contribution is 2.50. The summed E-state index contributed by atoms with van der Waals surface area (Å²) in [6.07, 6.45) is 3.73. The standard InChI is InChI=1S/C26H27N3O4/c30-25(26(12-13-26)20-4-2-1-3-5-20)29-16-22(17-29)32-21-8-6-18(7-9-21)23-27-24(33-28-23)19-10-14-31-15-11-19/h1-9,19,22H,10-17H2. The number of carbonyl (C=O) groups is 1. The van der Waals surface area contributed by atoms with Crippen molar-refractivity contribution >= 4 is 5.91 Å². The highest BCUT2D eigenvalue weighted by molar-refractivity contribution is 5.92. The Hall–Kier alpha value is -3.19. The van der Waals surface area contributed by atoms with Gasteiger partial charge in [-0.25, -0.2) is 0 Å². The van der Waals surface area contributed by atoms with Gasteiger partial charge in [0, 0.05) is 24.7 Å². The molecular weight excluding hydrogens is 418 g/mol. The molecule has 170 valence electrons. The monoisotopic (exact) mass is 445 g/mol. The number of nitrogens with zero attached hydrogens (tertiary/aromatic N) is 3. The molecule has 0 N–H and O–H groups in total. The smallest absolute Gasteiger partial charge is 0.233 e. The molecule has 3 aliphatic rings. The number of benzene rings is 2. The minimum Gasteiger partial charge on any atom is -0.487 e. The SMILES string of the molecule is O=C(N1CC(Oc2ccc(-c3noc(C4CCOCC4)n3)cc2)C1)C1(c2ccccc2)CC1. The first kappa shape index (κ1) is 20.4. The van der Waals surface area contributed by atoms with Gasteiger partial charge in [0.05, 0.1) is 18.5 Å². The third kappa shape index (κ3) is 3.91. The molecule has 0 spiro atoms. The molecule has 2 aromatic carbocycles. The highest BCUT2D eigenvalue weighted by atomic mass is 16.5. The number of rotatable bonds is 6. The maximum absolute atomic E-state index is 13.1. The zero-order valence-electron chi connectivity index (χ0n) is 18.5. The molecule has 3 heterocycles. The van der Waals surface area contributed by atoms with Gasteiger partial charge in [-0.2, -0.15) is 4.98 Å². The fraction of sp³-hybridized carbons (Fsp3) is 0.423. The first-order valence-electron chi connectivity index (χ1n) is 11.7.